The summed E-state index contributed by atoms with van der Waals surface area (Å²) >= 11 is 0. The molecule has 0 fully saturated rings. The number of rotatable bonds is 5. The van der Waals surface area contributed by atoms with Crippen molar-refractivity contribution in [3.05, 3.63) is 58.9 Å². The number of carbonyl (C=O) groups excluding carboxylic acids is 1. The molecule has 0 saturated carbocycles. The smallest absolute Gasteiger partial charge is 0.224 e. The summed E-state index contributed by atoms with van der Waals surface area (Å²) in [7, 11) is 1.63. The molecule has 0 saturated heterocycles. The maximum atomic E-state index is 13.5. The lowest BCUT2D eigenvalue weighted by Gasteiger charge is -2.12. The molecule has 0 aromatic heterocycles. The van der Waals surface area contributed by atoms with E-state index in [1.807, 2.05) is 26.0 Å². The normalized spacial score (nSPS) is 10.4. The van der Waals surface area contributed by atoms with Gasteiger partial charge in [0.1, 0.15) is 11.6 Å². The zero-order valence-corrected chi connectivity index (χ0v) is 13.1. The van der Waals surface area contributed by atoms with Crippen molar-refractivity contribution in [2.45, 2.75) is 26.7 Å². The third-order valence-electron chi connectivity index (χ3n) is 3.53. The Kier molecular flexibility index (Phi) is 5.15. The molecule has 2 aromatic rings. The summed E-state index contributed by atoms with van der Waals surface area (Å²) in [6, 6.07) is 10.3. The van der Waals surface area contributed by atoms with E-state index in [0.29, 0.717) is 12.0 Å². The maximum absolute atomic E-state index is 13.5. The van der Waals surface area contributed by atoms with Gasteiger partial charge in [-0.2, -0.15) is 0 Å². The molecule has 0 bridgehead atoms. The fourth-order valence-corrected chi connectivity index (χ4v) is 2.52. The number of methoxy groups -OCH3 is 1. The van der Waals surface area contributed by atoms with E-state index in [-0.39, 0.29) is 18.1 Å². The number of aryl methyl sites for hydroxylation is 3. The summed E-state index contributed by atoms with van der Waals surface area (Å²) in [6.07, 6.45) is 0.623. The largest absolute Gasteiger partial charge is 0.496 e. The van der Waals surface area contributed by atoms with Crippen LogP contribution in [-0.4, -0.2) is 13.0 Å². The number of anilines is 1. The van der Waals surface area contributed by atoms with Crippen LogP contribution in [0.4, 0.5) is 10.1 Å². The SMILES string of the molecule is COc1c(C)cc(NC(=O)CCc2ccccc2F)cc1C. The highest BCUT2D eigenvalue weighted by Crippen LogP contribution is 2.26. The van der Waals surface area contributed by atoms with Gasteiger partial charge in [0.2, 0.25) is 5.91 Å². The summed E-state index contributed by atoms with van der Waals surface area (Å²) in [6.45, 7) is 3.86. The Balaban J connectivity index is 1.99. The van der Waals surface area contributed by atoms with E-state index < -0.39 is 0 Å². The van der Waals surface area contributed by atoms with Crippen LogP contribution in [0, 0.1) is 19.7 Å². The van der Waals surface area contributed by atoms with Crippen LogP contribution in [0.5, 0.6) is 5.75 Å². The van der Waals surface area contributed by atoms with E-state index in [1.165, 1.54) is 6.07 Å². The van der Waals surface area contributed by atoms with Crippen LogP contribution < -0.4 is 10.1 Å². The molecule has 0 heterocycles. The third kappa shape index (κ3) is 3.85. The standard InChI is InChI=1S/C18H20FNO2/c1-12-10-15(11-13(2)18(12)22-3)20-17(21)9-8-14-6-4-5-7-16(14)19/h4-7,10-11H,8-9H2,1-3H3,(H,20,21). The zero-order valence-electron chi connectivity index (χ0n) is 13.1. The molecule has 0 atom stereocenters. The predicted molar refractivity (Wildman–Crippen MR) is 85.8 cm³/mol. The van der Waals surface area contributed by atoms with E-state index in [9.17, 15) is 9.18 Å². The van der Waals surface area contributed by atoms with Gasteiger partial charge in [-0.1, -0.05) is 18.2 Å². The molecule has 4 heteroatoms. The Labute approximate surface area is 130 Å². The third-order valence-corrected chi connectivity index (χ3v) is 3.53. The van der Waals surface area contributed by atoms with E-state index in [0.717, 1.165) is 22.6 Å². The van der Waals surface area contributed by atoms with Gasteiger partial charge in [0.25, 0.3) is 0 Å². The lowest BCUT2D eigenvalue weighted by Crippen LogP contribution is -2.13. The predicted octanol–water partition coefficient (Wildman–Crippen LogP) is 4.02. The van der Waals surface area contributed by atoms with Crippen LogP contribution in [-0.2, 0) is 11.2 Å². The van der Waals surface area contributed by atoms with Crippen LogP contribution >= 0.6 is 0 Å². The van der Waals surface area contributed by atoms with Crippen LogP contribution in [0.3, 0.4) is 0 Å². The Bertz CT molecular complexity index is 660. The second-order valence-corrected chi connectivity index (χ2v) is 5.28. The van der Waals surface area contributed by atoms with E-state index in [1.54, 1.807) is 25.3 Å². The minimum absolute atomic E-state index is 0.132. The number of benzene rings is 2. The molecule has 1 N–H and O–H groups in total. The minimum Gasteiger partial charge on any atom is -0.496 e. The van der Waals surface area contributed by atoms with Crippen molar-refractivity contribution in [3.8, 4) is 5.75 Å². The summed E-state index contributed by atoms with van der Waals surface area (Å²) in [4.78, 5) is 12.0. The Morgan fingerprint density at radius 1 is 1.18 bits per heavy atom. The molecule has 2 rings (SSSR count). The first-order chi connectivity index (χ1) is 10.5. The number of ether oxygens (including phenoxy) is 1. The fraction of sp³-hybridized carbons (Fsp3) is 0.278. The van der Waals surface area contributed by atoms with Crippen molar-refractivity contribution < 1.29 is 13.9 Å². The average Bonchev–Trinajstić information content (AvgIpc) is 2.46. The van der Waals surface area contributed by atoms with Crippen LogP contribution in [0.2, 0.25) is 0 Å². The van der Waals surface area contributed by atoms with Gasteiger partial charge in [0.15, 0.2) is 0 Å². The molecule has 0 spiro atoms. The van der Waals surface area contributed by atoms with Crippen molar-refractivity contribution in [2.24, 2.45) is 0 Å². The van der Waals surface area contributed by atoms with Crippen molar-refractivity contribution in [1.29, 1.82) is 0 Å². The topological polar surface area (TPSA) is 38.3 Å². The molecule has 116 valence electrons. The number of hydrogen-bond donors (Lipinski definition) is 1. The number of nitrogens with one attached hydrogen (secondary N) is 1. The highest BCUT2D eigenvalue weighted by atomic mass is 19.1. The molecule has 2 aromatic carbocycles. The lowest BCUT2D eigenvalue weighted by atomic mass is 10.1. The van der Waals surface area contributed by atoms with Gasteiger partial charge in [-0.15, -0.1) is 0 Å². The van der Waals surface area contributed by atoms with Crippen molar-refractivity contribution in [1.82, 2.24) is 0 Å². The van der Waals surface area contributed by atoms with Gasteiger partial charge in [-0.3, -0.25) is 4.79 Å². The highest BCUT2D eigenvalue weighted by Gasteiger charge is 2.09. The van der Waals surface area contributed by atoms with Gasteiger partial charge in [-0.05, 0) is 55.2 Å². The average molecular weight is 301 g/mol. The van der Waals surface area contributed by atoms with Gasteiger partial charge in [0, 0.05) is 12.1 Å². The zero-order chi connectivity index (χ0) is 16.1. The second kappa shape index (κ2) is 7.07. The number of halogens is 1. The van der Waals surface area contributed by atoms with Gasteiger partial charge >= 0.3 is 0 Å². The van der Waals surface area contributed by atoms with Gasteiger partial charge < -0.3 is 10.1 Å². The van der Waals surface area contributed by atoms with Crippen molar-refractivity contribution in [3.63, 3.8) is 0 Å². The summed E-state index contributed by atoms with van der Waals surface area (Å²) in [5.74, 6) is 0.419. The summed E-state index contributed by atoms with van der Waals surface area (Å²) < 4.78 is 18.8. The van der Waals surface area contributed by atoms with E-state index in [2.05, 4.69) is 5.32 Å². The second-order valence-electron chi connectivity index (χ2n) is 5.28. The van der Waals surface area contributed by atoms with Gasteiger partial charge in [0.05, 0.1) is 7.11 Å². The Hall–Kier alpha value is -2.36. The first kappa shape index (κ1) is 16.0. The van der Waals surface area contributed by atoms with Crippen LogP contribution in [0.25, 0.3) is 0 Å². The molecule has 0 radical (unpaired) electrons. The number of carbonyl (C=O) groups is 1. The van der Waals surface area contributed by atoms with Crippen molar-refractivity contribution >= 4 is 11.6 Å². The van der Waals surface area contributed by atoms with E-state index in [4.69, 9.17) is 4.74 Å². The Morgan fingerprint density at radius 2 is 1.82 bits per heavy atom. The monoisotopic (exact) mass is 301 g/mol. The maximum Gasteiger partial charge on any atom is 0.224 e. The van der Waals surface area contributed by atoms with Crippen molar-refractivity contribution in [2.75, 3.05) is 12.4 Å². The quantitative estimate of drug-likeness (QED) is 0.905. The molecule has 1 amide bonds. The van der Waals surface area contributed by atoms with Gasteiger partial charge in [-0.25, -0.2) is 4.39 Å². The molecule has 0 aliphatic rings. The molecule has 0 aliphatic heterocycles. The summed E-state index contributed by atoms with van der Waals surface area (Å²) in [5, 5.41) is 2.85. The molecular formula is C18H20FNO2. The number of amides is 1. The molecule has 0 aliphatic carbocycles. The van der Waals surface area contributed by atoms with Crippen LogP contribution in [0.15, 0.2) is 36.4 Å². The lowest BCUT2D eigenvalue weighted by molar-refractivity contribution is -0.116. The highest BCUT2D eigenvalue weighted by molar-refractivity contribution is 5.91. The molecule has 3 nitrogen and oxygen atoms in total. The minimum atomic E-state index is -0.272. The molecular weight excluding hydrogens is 281 g/mol. The first-order valence-corrected chi connectivity index (χ1v) is 7.19. The Morgan fingerprint density at radius 3 is 2.41 bits per heavy atom. The van der Waals surface area contributed by atoms with E-state index >= 15 is 0 Å². The first-order valence-electron chi connectivity index (χ1n) is 7.19. The number of hydrogen-bond acceptors (Lipinski definition) is 2. The molecule has 22 heavy (non-hydrogen) atoms. The fourth-order valence-electron chi connectivity index (χ4n) is 2.52. The molecule has 0 unspecified atom stereocenters. The summed E-state index contributed by atoms with van der Waals surface area (Å²) in [5.41, 5.74) is 3.22. The van der Waals surface area contributed by atoms with Crippen LogP contribution in [0.1, 0.15) is 23.1 Å².